The molecule has 0 amide bonds. The Labute approximate surface area is 102 Å². The zero-order valence-corrected chi connectivity index (χ0v) is 11.5. The molecule has 0 aliphatic heterocycles. The Hall–Kier alpha value is -0.980. The van der Waals surface area contributed by atoms with Crippen molar-refractivity contribution in [2.45, 2.75) is 47.1 Å². The van der Waals surface area contributed by atoms with E-state index < -0.39 is 0 Å². The molecule has 0 bridgehead atoms. The Morgan fingerprint density at radius 1 is 1.38 bits per heavy atom. The first kappa shape index (κ1) is 15.0. The van der Waals surface area contributed by atoms with Gasteiger partial charge in [-0.2, -0.15) is 0 Å². The third kappa shape index (κ3) is 5.20. The molecule has 0 fully saturated rings. The summed E-state index contributed by atoms with van der Waals surface area (Å²) in [5.74, 6) is 0.607. The normalized spacial score (nSPS) is 14.5. The fourth-order valence-corrected chi connectivity index (χ4v) is 1.74. The Kier molecular flexibility index (Phi) is 7.70. The van der Waals surface area contributed by atoms with Gasteiger partial charge in [-0.3, -0.25) is 0 Å². The van der Waals surface area contributed by atoms with Crippen molar-refractivity contribution >= 4 is 0 Å². The van der Waals surface area contributed by atoms with Crippen LogP contribution in [0, 0.1) is 5.92 Å². The molecule has 0 aromatic carbocycles. The molecule has 0 aromatic rings. The molecule has 0 aliphatic carbocycles. The first-order chi connectivity index (χ1) is 7.56. The highest BCUT2D eigenvalue weighted by molar-refractivity contribution is 5.03. The predicted molar refractivity (Wildman–Crippen MR) is 74.4 cm³/mol. The molecular formula is C15H27N. The maximum Gasteiger partial charge on any atom is 0.0240 e. The van der Waals surface area contributed by atoms with Crippen LogP contribution in [0.5, 0.6) is 0 Å². The first-order valence-electron chi connectivity index (χ1n) is 6.25. The summed E-state index contributed by atoms with van der Waals surface area (Å²) in [6.07, 6.45) is 9.52. The summed E-state index contributed by atoms with van der Waals surface area (Å²) in [7, 11) is 0. The van der Waals surface area contributed by atoms with E-state index in [9.17, 15) is 0 Å². The van der Waals surface area contributed by atoms with Crippen molar-refractivity contribution in [3.05, 3.63) is 36.6 Å². The molecule has 0 saturated carbocycles. The maximum atomic E-state index is 3.72. The van der Waals surface area contributed by atoms with Crippen LogP contribution in [0.1, 0.15) is 41.0 Å². The second kappa shape index (κ2) is 8.20. The van der Waals surface area contributed by atoms with Crippen molar-refractivity contribution in [3.63, 3.8) is 0 Å². The molecule has 1 unspecified atom stereocenters. The zero-order chi connectivity index (χ0) is 12.6. The molecule has 1 nitrogen and oxygen atoms in total. The van der Waals surface area contributed by atoms with Gasteiger partial charge in [0.25, 0.3) is 0 Å². The summed E-state index contributed by atoms with van der Waals surface area (Å²) >= 11 is 0. The van der Waals surface area contributed by atoms with E-state index in [0.29, 0.717) is 12.0 Å². The van der Waals surface area contributed by atoms with Crippen molar-refractivity contribution in [1.82, 2.24) is 4.90 Å². The molecule has 0 N–H and O–H groups in total. The van der Waals surface area contributed by atoms with E-state index in [1.807, 2.05) is 6.08 Å². The van der Waals surface area contributed by atoms with E-state index in [1.54, 1.807) is 0 Å². The van der Waals surface area contributed by atoms with E-state index in [4.69, 9.17) is 0 Å². The molecule has 1 atom stereocenters. The molecule has 1 heteroatoms. The van der Waals surface area contributed by atoms with Crippen molar-refractivity contribution < 1.29 is 0 Å². The molecule has 0 aliphatic rings. The van der Waals surface area contributed by atoms with E-state index in [-0.39, 0.29) is 0 Å². The van der Waals surface area contributed by atoms with Crippen LogP contribution < -0.4 is 0 Å². The van der Waals surface area contributed by atoms with E-state index >= 15 is 0 Å². The Balaban J connectivity index is 4.59. The monoisotopic (exact) mass is 221 g/mol. The van der Waals surface area contributed by atoms with Gasteiger partial charge in [0.05, 0.1) is 0 Å². The van der Waals surface area contributed by atoms with Gasteiger partial charge in [0.15, 0.2) is 0 Å². The van der Waals surface area contributed by atoms with Crippen LogP contribution >= 0.6 is 0 Å². The van der Waals surface area contributed by atoms with Gasteiger partial charge in [-0.15, -0.1) is 0 Å². The number of hydrogen-bond donors (Lipinski definition) is 0. The molecule has 0 aromatic heterocycles. The van der Waals surface area contributed by atoms with Crippen molar-refractivity contribution in [1.29, 1.82) is 0 Å². The lowest BCUT2D eigenvalue weighted by atomic mass is 10.0. The fraction of sp³-hybridized carbons (Fsp3) is 0.600. The third-order valence-electron chi connectivity index (χ3n) is 2.97. The van der Waals surface area contributed by atoms with Crippen LogP contribution in [-0.4, -0.2) is 17.5 Å². The quantitative estimate of drug-likeness (QED) is 0.576. The van der Waals surface area contributed by atoms with Crippen molar-refractivity contribution in [3.8, 4) is 0 Å². The smallest absolute Gasteiger partial charge is 0.0240 e. The average molecular weight is 221 g/mol. The summed E-state index contributed by atoms with van der Waals surface area (Å²) in [5.41, 5.74) is 1.36. The second-order valence-electron chi connectivity index (χ2n) is 4.47. The van der Waals surface area contributed by atoms with Crippen LogP contribution in [-0.2, 0) is 0 Å². The van der Waals surface area contributed by atoms with E-state index in [0.717, 1.165) is 6.54 Å². The number of allylic oxidation sites excluding steroid dienone is 4. The summed E-state index contributed by atoms with van der Waals surface area (Å²) in [6.45, 7) is 15.8. The Morgan fingerprint density at radius 3 is 2.38 bits per heavy atom. The first-order valence-corrected chi connectivity index (χ1v) is 6.25. The number of rotatable bonds is 7. The average Bonchev–Trinajstić information content (AvgIpc) is 2.28. The molecule has 0 heterocycles. The van der Waals surface area contributed by atoms with Crippen LogP contribution in [0.25, 0.3) is 0 Å². The van der Waals surface area contributed by atoms with E-state index in [1.165, 1.54) is 12.1 Å². The van der Waals surface area contributed by atoms with Gasteiger partial charge in [-0.05, 0) is 40.0 Å². The van der Waals surface area contributed by atoms with Crippen LogP contribution in [0.2, 0.25) is 0 Å². The molecular weight excluding hydrogens is 194 g/mol. The summed E-state index contributed by atoms with van der Waals surface area (Å²) in [5, 5.41) is 0. The topological polar surface area (TPSA) is 3.24 Å². The summed E-state index contributed by atoms with van der Waals surface area (Å²) < 4.78 is 0. The minimum atomic E-state index is 0.558. The largest absolute Gasteiger partial charge is 0.372 e. The molecule has 0 spiro atoms. The summed E-state index contributed by atoms with van der Waals surface area (Å²) in [4.78, 5) is 2.46. The van der Waals surface area contributed by atoms with Gasteiger partial charge in [0.1, 0.15) is 0 Å². The SMILES string of the molecule is C=C/C=C/C(CC)CN(/C(C)=C/C)C(C)C. The molecule has 0 saturated heterocycles. The second-order valence-corrected chi connectivity index (χ2v) is 4.47. The summed E-state index contributed by atoms with van der Waals surface area (Å²) in [6, 6.07) is 0.558. The Morgan fingerprint density at radius 2 is 2.00 bits per heavy atom. The predicted octanol–water partition coefficient (Wildman–Crippen LogP) is 4.39. The molecule has 16 heavy (non-hydrogen) atoms. The van der Waals surface area contributed by atoms with Gasteiger partial charge in [0.2, 0.25) is 0 Å². The highest BCUT2D eigenvalue weighted by Gasteiger charge is 2.13. The van der Waals surface area contributed by atoms with Gasteiger partial charge in [-0.1, -0.05) is 37.8 Å². The minimum Gasteiger partial charge on any atom is -0.372 e. The van der Waals surface area contributed by atoms with Crippen molar-refractivity contribution in [2.24, 2.45) is 5.92 Å². The molecule has 0 radical (unpaired) electrons. The van der Waals surface area contributed by atoms with Gasteiger partial charge >= 0.3 is 0 Å². The molecule has 92 valence electrons. The maximum absolute atomic E-state index is 3.72. The standard InChI is InChI=1S/C15H27N/c1-7-10-11-15(9-3)12-16(13(4)5)14(6)8-2/h7-8,10-11,13,15H,1,9,12H2,2-6H3/b11-10+,14-8+. The zero-order valence-electron chi connectivity index (χ0n) is 11.5. The van der Waals surface area contributed by atoms with Crippen LogP contribution in [0.4, 0.5) is 0 Å². The molecule has 0 rings (SSSR count). The highest BCUT2D eigenvalue weighted by Crippen LogP contribution is 2.15. The third-order valence-corrected chi connectivity index (χ3v) is 2.97. The van der Waals surface area contributed by atoms with Crippen LogP contribution in [0.3, 0.4) is 0 Å². The number of hydrogen-bond acceptors (Lipinski definition) is 1. The van der Waals surface area contributed by atoms with E-state index in [2.05, 4.69) is 64.3 Å². The van der Waals surface area contributed by atoms with Gasteiger partial charge in [0, 0.05) is 18.3 Å². The van der Waals surface area contributed by atoms with Gasteiger partial charge < -0.3 is 4.90 Å². The van der Waals surface area contributed by atoms with Gasteiger partial charge in [-0.25, -0.2) is 0 Å². The lowest BCUT2D eigenvalue weighted by molar-refractivity contribution is 0.254. The van der Waals surface area contributed by atoms with Crippen LogP contribution in [0.15, 0.2) is 36.6 Å². The lowest BCUT2D eigenvalue weighted by Crippen LogP contribution is -2.33. The lowest BCUT2D eigenvalue weighted by Gasteiger charge is -2.32. The van der Waals surface area contributed by atoms with Crippen molar-refractivity contribution in [2.75, 3.05) is 6.54 Å². The fourth-order valence-electron chi connectivity index (χ4n) is 1.74. The Bertz CT molecular complexity index is 248. The minimum absolute atomic E-state index is 0.558. The highest BCUT2D eigenvalue weighted by atomic mass is 15.2. The number of nitrogens with zero attached hydrogens (tertiary/aromatic N) is 1.